The zero-order chi connectivity index (χ0) is 12.5. The van der Waals surface area contributed by atoms with Crippen LogP contribution in [0.4, 0.5) is 18.9 Å². The second-order valence-electron chi connectivity index (χ2n) is 3.19. The fourth-order valence-corrected chi connectivity index (χ4v) is 1.33. The van der Waals surface area contributed by atoms with Gasteiger partial charge in [0.15, 0.2) is 0 Å². The van der Waals surface area contributed by atoms with Gasteiger partial charge in [0.1, 0.15) is 12.3 Å². The van der Waals surface area contributed by atoms with Crippen LogP contribution in [0.5, 0.6) is 0 Å². The van der Waals surface area contributed by atoms with E-state index < -0.39 is 12.1 Å². The molecule has 1 heterocycles. The minimum Gasteiger partial charge on any atom is -0.442 e. The van der Waals surface area contributed by atoms with Crippen molar-refractivity contribution in [2.75, 3.05) is 0 Å². The van der Waals surface area contributed by atoms with Crippen molar-refractivity contribution in [2.24, 2.45) is 4.99 Å². The number of hydrogen-bond acceptors (Lipinski definition) is 3. The van der Waals surface area contributed by atoms with Crippen molar-refractivity contribution in [1.29, 1.82) is 5.26 Å². The summed E-state index contributed by atoms with van der Waals surface area (Å²) in [4.78, 5) is 3.37. The molecule has 0 aromatic heterocycles. The zero-order valence-corrected chi connectivity index (χ0v) is 8.32. The molecule has 0 radical (unpaired) electrons. The van der Waals surface area contributed by atoms with Gasteiger partial charge in [0, 0.05) is 5.56 Å². The predicted molar refractivity (Wildman–Crippen MR) is 54.3 cm³/mol. The summed E-state index contributed by atoms with van der Waals surface area (Å²) in [6.45, 7) is 0. The minimum atomic E-state index is -4.69. The first-order valence-electron chi connectivity index (χ1n) is 4.54. The summed E-state index contributed by atoms with van der Waals surface area (Å²) in [5.41, 5.74) is 0.378. The molecular formula is C11H5F3N2O. The van der Waals surface area contributed by atoms with Crippen LogP contribution in [-0.2, 0) is 4.74 Å². The van der Waals surface area contributed by atoms with Crippen LogP contribution in [0.15, 0.2) is 35.5 Å². The summed E-state index contributed by atoms with van der Waals surface area (Å²) in [5, 5.41) is 8.82. The fourth-order valence-electron chi connectivity index (χ4n) is 1.33. The standard InChI is InChI=1S/C11H5F3N2O/c12-11(13,14)10-16-9-4-2-1-3-8(9)7(5-15)6-17-10/h1-4,6H. The normalized spacial score (nSPS) is 14.7. The number of alkyl halides is 3. The van der Waals surface area contributed by atoms with E-state index in [2.05, 4.69) is 9.73 Å². The number of halogens is 3. The number of aliphatic imine (C=N–C) groups is 1. The predicted octanol–water partition coefficient (Wildman–Crippen LogP) is 3.17. The van der Waals surface area contributed by atoms with E-state index in [4.69, 9.17) is 5.26 Å². The highest BCUT2D eigenvalue weighted by Gasteiger charge is 2.39. The lowest BCUT2D eigenvalue weighted by Crippen LogP contribution is -2.23. The molecule has 2 rings (SSSR count). The lowest BCUT2D eigenvalue weighted by atomic mass is 10.1. The number of nitrogens with zero attached hydrogens (tertiary/aromatic N) is 2. The molecule has 0 spiro atoms. The molecule has 0 amide bonds. The molecule has 1 aromatic carbocycles. The van der Waals surface area contributed by atoms with Gasteiger partial charge in [0.25, 0.3) is 0 Å². The highest BCUT2D eigenvalue weighted by molar-refractivity contribution is 5.92. The molecule has 0 atom stereocenters. The van der Waals surface area contributed by atoms with Gasteiger partial charge in [-0.15, -0.1) is 0 Å². The Bertz CT molecular complexity index is 553. The summed E-state index contributed by atoms with van der Waals surface area (Å²) >= 11 is 0. The van der Waals surface area contributed by atoms with Crippen molar-refractivity contribution in [3.05, 3.63) is 36.1 Å². The number of allylic oxidation sites excluding steroid dienone is 1. The van der Waals surface area contributed by atoms with E-state index in [9.17, 15) is 13.2 Å². The quantitative estimate of drug-likeness (QED) is 0.696. The average Bonchev–Trinajstić information content (AvgIpc) is 2.47. The van der Waals surface area contributed by atoms with Gasteiger partial charge in [-0.2, -0.15) is 18.4 Å². The van der Waals surface area contributed by atoms with Crippen LogP contribution >= 0.6 is 0 Å². The molecule has 1 aromatic rings. The molecule has 1 aliphatic rings. The number of para-hydroxylation sites is 1. The molecular weight excluding hydrogens is 233 g/mol. The molecule has 0 N–H and O–H groups in total. The second-order valence-corrected chi connectivity index (χ2v) is 3.19. The third kappa shape index (κ3) is 2.13. The molecule has 0 saturated carbocycles. The van der Waals surface area contributed by atoms with Gasteiger partial charge in [-0.1, -0.05) is 18.2 Å². The Morgan fingerprint density at radius 1 is 1.24 bits per heavy atom. The zero-order valence-electron chi connectivity index (χ0n) is 8.32. The van der Waals surface area contributed by atoms with Crippen molar-refractivity contribution in [2.45, 2.75) is 6.18 Å². The van der Waals surface area contributed by atoms with Crippen LogP contribution in [-0.4, -0.2) is 12.1 Å². The molecule has 86 valence electrons. The van der Waals surface area contributed by atoms with E-state index in [1.165, 1.54) is 18.2 Å². The number of benzene rings is 1. The SMILES string of the molecule is N#CC1=COC(C(F)(F)F)=Nc2ccccc21. The van der Waals surface area contributed by atoms with E-state index in [0.717, 1.165) is 6.26 Å². The minimum absolute atomic E-state index is 0.00333. The van der Waals surface area contributed by atoms with E-state index in [1.807, 2.05) is 0 Å². The van der Waals surface area contributed by atoms with E-state index in [1.54, 1.807) is 12.1 Å². The van der Waals surface area contributed by atoms with Gasteiger partial charge >= 0.3 is 12.1 Å². The van der Waals surface area contributed by atoms with Crippen molar-refractivity contribution in [1.82, 2.24) is 0 Å². The topological polar surface area (TPSA) is 45.4 Å². The van der Waals surface area contributed by atoms with E-state index in [0.29, 0.717) is 5.56 Å². The molecule has 6 heteroatoms. The van der Waals surface area contributed by atoms with Gasteiger partial charge in [0.2, 0.25) is 0 Å². The van der Waals surface area contributed by atoms with Gasteiger partial charge in [-0.25, -0.2) is 4.99 Å². The molecule has 0 aliphatic carbocycles. The molecule has 17 heavy (non-hydrogen) atoms. The lowest BCUT2D eigenvalue weighted by molar-refractivity contribution is -0.0733. The lowest BCUT2D eigenvalue weighted by Gasteiger charge is -2.06. The van der Waals surface area contributed by atoms with Crippen molar-refractivity contribution in [3.8, 4) is 6.07 Å². The third-order valence-electron chi connectivity index (χ3n) is 2.07. The van der Waals surface area contributed by atoms with Crippen LogP contribution in [0.2, 0.25) is 0 Å². The number of ether oxygens (including phenoxy) is 1. The molecule has 1 aliphatic heterocycles. The van der Waals surface area contributed by atoms with Gasteiger partial charge < -0.3 is 4.74 Å². The van der Waals surface area contributed by atoms with Crippen LogP contribution in [0.25, 0.3) is 5.57 Å². The van der Waals surface area contributed by atoms with E-state index >= 15 is 0 Å². The fraction of sp³-hybridized carbons (Fsp3) is 0.0909. The van der Waals surface area contributed by atoms with Crippen LogP contribution in [0.3, 0.4) is 0 Å². The van der Waals surface area contributed by atoms with Crippen molar-refractivity contribution >= 4 is 17.2 Å². The summed E-state index contributed by atoms with van der Waals surface area (Å²) in [6.07, 6.45) is -3.92. The molecule has 0 saturated heterocycles. The van der Waals surface area contributed by atoms with Gasteiger partial charge in [0.05, 0.1) is 11.3 Å². The number of rotatable bonds is 0. The third-order valence-corrected chi connectivity index (χ3v) is 2.07. The van der Waals surface area contributed by atoms with E-state index in [-0.39, 0.29) is 11.3 Å². The Labute approximate surface area is 94.5 Å². The first-order valence-corrected chi connectivity index (χ1v) is 4.54. The Kier molecular flexibility index (Phi) is 2.60. The Morgan fingerprint density at radius 3 is 2.59 bits per heavy atom. The summed E-state index contributed by atoms with van der Waals surface area (Å²) in [7, 11) is 0. The molecule has 0 unspecified atom stereocenters. The number of fused-ring (bicyclic) bond motifs is 1. The number of hydrogen-bond donors (Lipinski definition) is 0. The monoisotopic (exact) mass is 238 g/mol. The summed E-state index contributed by atoms with van der Waals surface area (Å²) in [6, 6.07) is 7.82. The van der Waals surface area contributed by atoms with Crippen molar-refractivity contribution in [3.63, 3.8) is 0 Å². The Hall–Kier alpha value is -2.29. The van der Waals surface area contributed by atoms with Crippen LogP contribution < -0.4 is 0 Å². The average molecular weight is 238 g/mol. The highest BCUT2D eigenvalue weighted by atomic mass is 19.4. The number of nitriles is 1. The maximum Gasteiger partial charge on any atom is 0.468 e. The largest absolute Gasteiger partial charge is 0.468 e. The molecule has 0 fully saturated rings. The maximum atomic E-state index is 12.5. The Morgan fingerprint density at radius 2 is 1.94 bits per heavy atom. The first kappa shape index (κ1) is 11.2. The summed E-state index contributed by atoms with van der Waals surface area (Å²) < 4.78 is 41.8. The van der Waals surface area contributed by atoms with Crippen LogP contribution in [0, 0.1) is 11.3 Å². The van der Waals surface area contributed by atoms with Crippen LogP contribution in [0.1, 0.15) is 5.56 Å². The molecule has 0 bridgehead atoms. The first-order chi connectivity index (χ1) is 8.02. The van der Waals surface area contributed by atoms with Gasteiger partial charge in [-0.05, 0) is 6.07 Å². The smallest absolute Gasteiger partial charge is 0.442 e. The van der Waals surface area contributed by atoms with Crippen molar-refractivity contribution < 1.29 is 17.9 Å². The second kappa shape index (κ2) is 3.94. The highest BCUT2D eigenvalue weighted by Crippen LogP contribution is 2.31. The molecule has 3 nitrogen and oxygen atoms in total. The summed E-state index contributed by atoms with van der Waals surface area (Å²) in [5.74, 6) is -1.38. The van der Waals surface area contributed by atoms with Gasteiger partial charge in [-0.3, -0.25) is 0 Å². The Balaban J connectivity index is 2.60. The maximum absolute atomic E-state index is 12.5.